The summed E-state index contributed by atoms with van der Waals surface area (Å²) in [5, 5.41) is 5.61. The lowest BCUT2D eigenvalue weighted by molar-refractivity contribution is -0.0334. The molecule has 0 amide bonds. The fourth-order valence-corrected chi connectivity index (χ4v) is 4.38. The van der Waals surface area contributed by atoms with E-state index in [1.165, 1.54) is 35.0 Å². The molecule has 2 rings (SSSR count). The molecular formula is C13H20BrNOS. The Morgan fingerprint density at radius 3 is 2.71 bits per heavy atom. The van der Waals surface area contributed by atoms with Gasteiger partial charge in [0.1, 0.15) is 0 Å². The summed E-state index contributed by atoms with van der Waals surface area (Å²) in [4.78, 5) is 1.42. The van der Waals surface area contributed by atoms with Crippen molar-refractivity contribution in [1.29, 1.82) is 0 Å². The molecule has 0 bridgehead atoms. The first-order chi connectivity index (χ1) is 8.20. The van der Waals surface area contributed by atoms with Gasteiger partial charge in [-0.15, -0.1) is 11.3 Å². The lowest BCUT2D eigenvalue weighted by Crippen LogP contribution is -2.50. The summed E-state index contributed by atoms with van der Waals surface area (Å²) < 4.78 is 7.05. The van der Waals surface area contributed by atoms with Crippen molar-refractivity contribution >= 4 is 27.3 Å². The van der Waals surface area contributed by atoms with Gasteiger partial charge in [0.15, 0.2) is 0 Å². The zero-order valence-electron chi connectivity index (χ0n) is 10.5. The van der Waals surface area contributed by atoms with Gasteiger partial charge in [-0.05, 0) is 48.3 Å². The predicted molar refractivity (Wildman–Crippen MR) is 76.8 cm³/mol. The van der Waals surface area contributed by atoms with Crippen LogP contribution in [0.25, 0.3) is 0 Å². The van der Waals surface area contributed by atoms with Crippen molar-refractivity contribution < 1.29 is 4.74 Å². The van der Waals surface area contributed by atoms with Crippen LogP contribution in [0.2, 0.25) is 0 Å². The maximum Gasteiger partial charge on any atom is 0.0834 e. The second-order valence-corrected chi connectivity index (χ2v) is 6.66. The van der Waals surface area contributed by atoms with E-state index in [0.29, 0.717) is 6.04 Å². The normalized spacial score (nSPS) is 20.6. The molecule has 1 saturated carbocycles. The number of likely N-dealkylation sites (N-methyl/N-ethyl adjacent to an activating group) is 1. The molecule has 1 aliphatic carbocycles. The molecule has 0 spiro atoms. The Balaban J connectivity index is 2.10. The minimum atomic E-state index is 0.0468. The second-order valence-electron chi connectivity index (χ2n) is 4.75. The number of methoxy groups -OCH3 is 1. The van der Waals surface area contributed by atoms with Crippen molar-refractivity contribution in [2.75, 3.05) is 14.2 Å². The van der Waals surface area contributed by atoms with Crippen LogP contribution in [0.4, 0.5) is 0 Å². The molecular weight excluding hydrogens is 298 g/mol. The summed E-state index contributed by atoms with van der Waals surface area (Å²) >= 11 is 5.34. The highest BCUT2D eigenvalue weighted by molar-refractivity contribution is 9.10. The fraction of sp³-hybridized carbons (Fsp3) is 0.692. The van der Waals surface area contributed by atoms with Gasteiger partial charge in [0.2, 0.25) is 0 Å². The molecule has 0 radical (unpaired) electrons. The third kappa shape index (κ3) is 2.92. The van der Waals surface area contributed by atoms with Gasteiger partial charge in [-0.25, -0.2) is 0 Å². The standard InChI is InChI=1S/C13H20BrNOS/c1-15-12(8-11-7-10(14)9-17-11)13(16-2)5-3-4-6-13/h7,9,12,15H,3-6,8H2,1-2H3. The summed E-state index contributed by atoms with van der Waals surface area (Å²) in [6, 6.07) is 2.63. The first kappa shape index (κ1) is 13.5. The minimum Gasteiger partial charge on any atom is -0.377 e. The average Bonchev–Trinajstić information content (AvgIpc) is 2.95. The highest BCUT2D eigenvalue weighted by atomic mass is 79.9. The van der Waals surface area contributed by atoms with Crippen LogP contribution in [0, 0.1) is 0 Å². The molecule has 1 aromatic rings. The van der Waals surface area contributed by atoms with Gasteiger partial charge in [0.25, 0.3) is 0 Å². The van der Waals surface area contributed by atoms with Crippen LogP contribution in [-0.4, -0.2) is 25.8 Å². The van der Waals surface area contributed by atoms with E-state index in [0.717, 1.165) is 6.42 Å². The van der Waals surface area contributed by atoms with Crippen molar-refractivity contribution in [2.45, 2.75) is 43.7 Å². The van der Waals surface area contributed by atoms with Crippen molar-refractivity contribution in [3.8, 4) is 0 Å². The number of nitrogens with one attached hydrogen (secondary N) is 1. The lowest BCUT2D eigenvalue weighted by Gasteiger charge is -2.36. The molecule has 1 aromatic heterocycles. The van der Waals surface area contributed by atoms with E-state index >= 15 is 0 Å². The van der Waals surface area contributed by atoms with E-state index in [9.17, 15) is 0 Å². The largest absolute Gasteiger partial charge is 0.377 e. The molecule has 0 saturated heterocycles. The quantitative estimate of drug-likeness (QED) is 0.896. The van der Waals surface area contributed by atoms with Crippen LogP contribution in [0.15, 0.2) is 15.9 Å². The maximum absolute atomic E-state index is 5.86. The van der Waals surface area contributed by atoms with Gasteiger partial charge in [-0.1, -0.05) is 12.8 Å². The molecule has 1 unspecified atom stereocenters. The Labute approximate surface area is 116 Å². The van der Waals surface area contributed by atoms with E-state index in [1.807, 2.05) is 25.5 Å². The van der Waals surface area contributed by atoms with Gasteiger partial charge in [0, 0.05) is 27.9 Å². The van der Waals surface area contributed by atoms with Crippen molar-refractivity contribution in [3.05, 3.63) is 20.8 Å². The van der Waals surface area contributed by atoms with Gasteiger partial charge in [0.05, 0.1) is 5.60 Å². The van der Waals surface area contributed by atoms with Crippen LogP contribution in [0.5, 0.6) is 0 Å². The number of hydrogen-bond acceptors (Lipinski definition) is 3. The van der Waals surface area contributed by atoms with Crippen LogP contribution in [0.3, 0.4) is 0 Å². The monoisotopic (exact) mass is 317 g/mol. The van der Waals surface area contributed by atoms with E-state index in [2.05, 4.69) is 32.7 Å². The lowest BCUT2D eigenvalue weighted by atomic mass is 9.89. The summed E-state index contributed by atoms with van der Waals surface area (Å²) in [7, 11) is 3.91. The predicted octanol–water partition coefficient (Wildman–Crippen LogP) is 3.60. The Bertz CT molecular complexity index is 360. The number of hydrogen-bond donors (Lipinski definition) is 1. The van der Waals surface area contributed by atoms with Gasteiger partial charge >= 0.3 is 0 Å². The van der Waals surface area contributed by atoms with Gasteiger partial charge < -0.3 is 10.1 Å². The molecule has 1 atom stereocenters. The SMILES string of the molecule is CNC(Cc1cc(Br)cs1)C1(OC)CCCC1. The molecule has 17 heavy (non-hydrogen) atoms. The second kappa shape index (κ2) is 5.83. The molecule has 1 aliphatic rings. The Hall–Kier alpha value is 0.1000. The zero-order valence-corrected chi connectivity index (χ0v) is 12.9. The third-order valence-electron chi connectivity index (χ3n) is 3.87. The van der Waals surface area contributed by atoms with E-state index in [-0.39, 0.29) is 5.60 Å². The first-order valence-corrected chi connectivity index (χ1v) is 7.83. The number of halogens is 1. The van der Waals surface area contributed by atoms with E-state index in [4.69, 9.17) is 4.74 Å². The molecule has 4 heteroatoms. The average molecular weight is 318 g/mol. The Morgan fingerprint density at radius 2 is 2.24 bits per heavy atom. The summed E-state index contributed by atoms with van der Waals surface area (Å²) in [5.41, 5.74) is 0.0468. The summed E-state index contributed by atoms with van der Waals surface area (Å²) in [6.45, 7) is 0. The van der Waals surface area contributed by atoms with Crippen molar-refractivity contribution in [3.63, 3.8) is 0 Å². The number of ether oxygens (including phenoxy) is 1. The first-order valence-electron chi connectivity index (χ1n) is 6.15. The molecule has 1 heterocycles. The fourth-order valence-electron chi connectivity index (χ4n) is 2.88. The highest BCUT2D eigenvalue weighted by Gasteiger charge is 2.40. The number of rotatable bonds is 5. The molecule has 96 valence electrons. The van der Waals surface area contributed by atoms with Crippen LogP contribution < -0.4 is 5.32 Å². The topological polar surface area (TPSA) is 21.3 Å². The van der Waals surface area contributed by atoms with Crippen LogP contribution >= 0.6 is 27.3 Å². The maximum atomic E-state index is 5.86. The highest BCUT2D eigenvalue weighted by Crippen LogP contribution is 2.37. The third-order valence-corrected chi connectivity index (χ3v) is 5.59. The van der Waals surface area contributed by atoms with Crippen molar-refractivity contribution in [2.24, 2.45) is 0 Å². The molecule has 0 aromatic carbocycles. The minimum absolute atomic E-state index is 0.0468. The number of thiophene rings is 1. The van der Waals surface area contributed by atoms with Crippen molar-refractivity contribution in [1.82, 2.24) is 5.32 Å². The Kier molecular flexibility index (Phi) is 4.64. The Morgan fingerprint density at radius 1 is 1.53 bits per heavy atom. The van der Waals surface area contributed by atoms with E-state index < -0.39 is 0 Å². The summed E-state index contributed by atoms with van der Waals surface area (Å²) in [5.74, 6) is 0. The van der Waals surface area contributed by atoms with Crippen LogP contribution in [0.1, 0.15) is 30.6 Å². The molecule has 1 fully saturated rings. The zero-order chi connectivity index (χ0) is 12.3. The van der Waals surface area contributed by atoms with Gasteiger partial charge in [-0.3, -0.25) is 0 Å². The molecule has 2 nitrogen and oxygen atoms in total. The molecule has 0 aliphatic heterocycles. The van der Waals surface area contributed by atoms with Crippen LogP contribution in [-0.2, 0) is 11.2 Å². The van der Waals surface area contributed by atoms with Gasteiger partial charge in [-0.2, -0.15) is 0 Å². The smallest absolute Gasteiger partial charge is 0.0834 e. The van der Waals surface area contributed by atoms with E-state index in [1.54, 1.807) is 0 Å². The molecule has 1 N–H and O–H groups in total. The summed E-state index contributed by atoms with van der Waals surface area (Å²) in [6.07, 6.45) is 6.00.